The van der Waals surface area contributed by atoms with Crippen LogP contribution in [0.5, 0.6) is 0 Å². The summed E-state index contributed by atoms with van der Waals surface area (Å²) >= 11 is 1.35. The van der Waals surface area contributed by atoms with Gasteiger partial charge in [-0.15, -0.1) is 11.3 Å². The molecule has 1 fully saturated rings. The minimum absolute atomic E-state index is 0.162. The average molecular weight is 521 g/mol. The third kappa shape index (κ3) is 5.36. The van der Waals surface area contributed by atoms with E-state index in [1.54, 1.807) is 18.3 Å². The molecular weight excluding hydrogens is 493 g/mol. The molecule has 11 heteroatoms. The number of anilines is 2. The van der Waals surface area contributed by atoms with Gasteiger partial charge in [0.2, 0.25) is 5.95 Å². The standard InChI is InChI=1S/C25H27F3N4O3S/c1-14-9-15(11-16(10-14)31-22-29-8-6-19(32-22)25(26,27)28)18-12-30-21(36-18)24(34)7-5-17(20(33)35-4)23(2,3)13-24/h6,8-12,17,34H,5,7,13H2,1-4H3,(H,29,31,32)/t17-,24-/m1/s1. The number of nitrogens with zero attached hydrogens (tertiary/aromatic N) is 3. The predicted octanol–water partition coefficient (Wildman–Crippen LogP) is 5.86. The Morgan fingerprint density at radius 3 is 2.67 bits per heavy atom. The largest absolute Gasteiger partial charge is 0.469 e. The van der Waals surface area contributed by atoms with Gasteiger partial charge in [-0.2, -0.15) is 13.2 Å². The lowest BCUT2D eigenvalue weighted by Crippen LogP contribution is -2.45. The van der Waals surface area contributed by atoms with Gasteiger partial charge in [-0.1, -0.05) is 19.9 Å². The number of ether oxygens (including phenoxy) is 1. The number of halogens is 3. The normalized spacial score (nSPS) is 21.7. The van der Waals surface area contributed by atoms with Crippen LogP contribution in [0, 0.1) is 18.3 Å². The van der Waals surface area contributed by atoms with E-state index in [0.717, 1.165) is 28.3 Å². The molecule has 1 aromatic carbocycles. The minimum atomic E-state index is -4.57. The van der Waals surface area contributed by atoms with E-state index in [1.165, 1.54) is 18.4 Å². The average Bonchev–Trinajstić information content (AvgIpc) is 3.29. The van der Waals surface area contributed by atoms with Crippen LogP contribution in [0.4, 0.5) is 24.8 Å². The maximum absolute atomic E-state index is 13.0. The molecule has 192 valence electrons. The molecule has 0 aliphatic heterocycles. The number of alkyl halides is 3. The summed E-state index contributed by atoms with van der Waals surface area (Å²) in [6.07, 6.45) is -0.601. The minimum Gasteiger partial charge on any atom is -0.469 e. The van der Waals surface area contributed by atoms with Gasteiger partial charge in [0.1, 0.15) is 16.3 Å². The van der Waals surface area contributed by atoms with Crippen LogP contribution < -0.4 is 5.32 Å². The summed E-state index contributed by atoms with van der Waals surface area (Å²) in [5.74, 6) is -0.734. The molecule has 0 bridgehead atoms. The van der Waals surface area contributed by atoms with Crippen molar-refractivity contribution in [2.45, 2.75) is 51.8 Å². The Labute approximate surface area is 210 Å². The van der Waals surface area contributed by atoms with Crippen molar-refractivity contribution in [1.29, 1.82) is 0 Å². The second-order valence-corrected chi connectivity index (χ2v) is 10.8. The zero-order valence-corrected chi connectivity index (χ0v) is 21.1. The van der Waals surface area contributed by atoms with Crippen LogP contribution in [0.15, 0.2) is 36.7 Å². The Bertz CT molecular complexity index is 1280. The summed E-state index contributed by atoms with van der Waals surface area (Å²) in [5, 5.41) is 14.9. The maximum Gasteiger partial charge on any atom is 0.433 e. The maximum atomic E-state index is 13.0. The fourth-order valence-corrected chi connectivity index (χ4v) is 5.85. The number of aryl methyl sites for hydroxylation is 1. The smallest absolute Gasteiger partial charge is 0.433 e. The second-order valence-electron chi connectivity index (χ2n) is 9.82. The molecule has 0 unspecified atom stereocenters. The number of esters is 1. The highest BCUT2D eigenvalue weighted by atomic mass is 32.1. The van der Waals surface area contributed by atoms with Gasteiger partial charge in [0.05, 0.1) is 17.9 Å². The van der Waals surface area contributed by atoms with Crippen molar-refractivity contribution in [1.82, 2.24) is 15.0 Å². The van der Waals surface area contributed by atoms with E-state index >= 15 is 0 Å². The highest BCUT2D eigenvalue weighted by molar-refractivity contribution is 7.15. The van der Waals surface area contributed by atoms with Crippen LogP contribution in [0.2, 0.25) is 0 Å². The van der Waals surface area contributed by atoms with E-state index in [9.17, 15) is 23.1 Å². The molecule has 2 N–H and O–H groups in total. The van der Waals surface area contributed by atoms with Crippen LogP contribution in [0.1, 0.15) is 49.4 Å². The van der Waals surface area contributed by atoms with Crippen LogP contribution in [-0.2, 0) is 21.3 Å². The first-order valence-electron chi connectivity index (χ1n) is 11.4. The summed E-state index contributed by atoms with van der Waals surface area (Å²) in [7, 11) is 1.37. The number of carbonyl (C=O) groups is 1. The molecule has 0 saturated heterocycles. The number of aliphatic hydroxyl groups is 1. The van der Waals surface area contributed by atoms with Gasteiger partial charge >= 0.3 is 12.1 Å². The van der Waals surface area contributed by atoms with Crippen LogP contribution in [0.25, 0.3) is 10.4 Å². The van der Waals surface area contributed by atoms with E-state index < -0.39 is 22.9 Å². The summed E-state index contributed by atoms with van der Waals surface area (Å²) in [6.45, 7) is 5.76. The quantitative estimate of drug-likeness (QED) is 0.407. The topological polar surface area (TPSA) is 97.2 Å². The molecule has 7 nitrogen and oxygen atoms in total. The van der Waals surface area contributed by atoms with Crippen LogP contribution in [-0.4, -0.2) is 33.1 Å². The number of hydrogen-bond donors (Lipinski definition) is 2. The van der Waals surface area contributed by atoms with Gasteiger partial charge in [-0.3, -0.25) is 4.79 Å². The van der Waals surface area contributed by atoms with Gasteiger partial charge in [-0.25, -0.2) is 15.0 Å². The SMILES string of the molecule is COC(=O)[C@H]1CC[C@](O)(c2ncc(-c3cc(C)cc(Nc4nccc(C(F)(F)F)n4)c3)s2)CC1(C)C. The molecule has 1 aliphatic rings. The van der Waals surface area contributed by atoms with Gasteiger partial charge in [0.25, 0.3) is 0 Å². The van der Waals surface area contributed by atoms with E-state index in [-0.39, 0.29) is 17.8 Å². The Balaban J connectivity index is 1.58. The third-order valence-electron chi connectivity index (χ3n) is 6.49. The highest BCUT2D eigenvalue weighted by Gasteiger charge is 2.49. The molecule has 2 atom stereocenters. The molecular formula is C25H27F3N4O3S. The molecule has 0 amide bonds. The summed E-state index contributed by atoms with van der Waals surface area (Å²) in [5.41, 5.74) is -0.490. The number of carbonyl (C=O) groups excluding carboxylic acids is 1. The molecule has 1 aliphatic carbocycles. The molecule has 0 radical (unpaired) electrons. The van der Waals surface area contributed by atoms with Gasteiger partial charge in [0, 0.05) is 18.1 Å². The monoisotopic (exact) mass is 520 g/mol. The Hall–Kier alpha value is -3.05. The fraction of sp³-hybridized carbons (Fsp3) is 0.440. The molecule has 36 heavy (non-hydrogen) atoms. The molecule has 1 saturated carbocycles. The molecule has 2 aromatic heterocycles. The fourth-order valence-electron chi connectivity index (χ4n) is 4.83. The number of thiazole rings is 1. The third-order valence-corrected chi connectivity index (χ3v) is 7.73. The Morgan fingerprint density at radius 1 is 1.25 bits per heavy atom. The van der Waals surface area contributed by atoms with Crippen molar-refractivity contribution in [2.75, 3.05) is 12.4 Å². The summed E-state index contributed by atoms with van der Waals surface area (Å²) in [6, 6.07) is 6.29. The second kappa shape index (κ2) is 9.44. The van der Waals surface area contributed by atoms with Crippen molar-refractivity contribution < 1.29 is 27.8 Å². The molecule has 3 aromatic rings. The van der Waals surface area contributed by atoms with E-state index in [4.69, 9.17) is 4.74 Å². The molecule has 4 rings (SSSR count). The van der Waals surface area contributed by atoms with E-state index in [2.05, 4.69) is 20.3 Å². The summed E-state index contributed by atoms with van der Waals surface area (Å²) < 4.78 is 44.0. The number of benzene rings is 1. The Kier molecular flexibility index (Phi) is 6.82. The first-order valence-corrected chi connectivity index (χ1v) is 12.2. The number of nitrogens with one attached hydrogen (secondary N) is 1. The highest BCUT2D eigenvalue weighted by Crippen LogP contribution is 2.51. The predicted molar refractivity (Wildman–Crippen MR) is 130 cm³/mol. The first kappa shape index (κ1) is 26.0. The summed E-state index contributed by atoms with van der Waals surface area (Å²) in [4.78, 5) is 25.0. The van der Waals surface area contributed by atoms with Crippen molar-refractivity contribution >= 4 is 28.9 Å². The van der Waals surface area contributed by atoms with Crippen LogP contribution in [0.3, 0.4) is 0 Å². The lowest BCUT2D eigenvalue weighted by molar-refractivity contribution is -0.157. The van der Waals surface area contributed by atoms with Gasteiger partial charge in [-0.05, 0) is 60.9 Å². The zero-order chi connectivity index (χ0) is 26.3. The number of methoxy groups -OCH3 is 1. The lowest BCUT2D eigenvalue weighted by atomic mass is 9.63. The lowest BCUT2D eigenvalue weighted by Gasteiger charge is -2.44. The number of aromatic nitrogens is 3. The van der Waals surface area contributed by atoms with Crippen LogP contribution >= 0.6 is 11.3 Å². The van der Waals surface area contributed by atoms with Crippen molar-refractivity contribution in [3.05, 3.63) is 52.9 Å². The molecule has 0 spiro atoms. The van der Waals surface area contributed by atoms with Crippen molar-refractivity contribution in [2.24, 2.45) is 11.3 Å². The van der Waals surface area contributed by atoms with E-state index in [0.29, 0.717) is 30.0 Å². The Morgan fingerprint density at radius 2 is 2.00 bits per heavy atom. The van der Waals surface area contributed by atoms with Gasteiger partial charge < -0.3 is 15.2 Å². The van der Waals surface area contributed by atoms with E-state index in [1.807, 2.05) is 26.8 Å². The van der Waals surface area contributed by atoms with Crippen molar-refractivity contribution in [3.8, 4) is 10.4 Å². The molecule has 2 heterocycles. The number of hydrogen-bond acceptors (Lipinski definition) is 8. The zero-order valence-electron chi connectivity index (χ0n) is 20.3. The number of rotatable bonds is 5. The van der Waals surface area contributed by atoms with Crippen molar-refractivity contribution in [3.63, 3.8) is 0 Å². The van der Waals surface area contributed by atoms with Gasteiger partial charge in [0.15, 0.2) is 0 Å². The first-order chi connectivity index (χ1) is 16.8.